The number of nitrogens with one attached hydrogen (secondary N) is 1. The highest BCUT2D eigenvalue weighted by molar-refractivity contribution is 7.89. The van der Waals surface area contributed by atoms with Crippen LogP contribution in [-0.2, 0) is 16.6 Å². The van der Waals surface area contributed by atoms with Crippen molar-refractivity contribution in [2.75, 3.05) is 19.6 Å². The van der Waals surface area contributed by atoms with Crippen LogP contribution in [0.25, 0.3) is 0 Å². The Morgan fingerprint density at radius 3 is 2.48 bits per heavy atom. The molecular weight excluding hydrogens is 284 g/mol. The van der Waals surface area contributed by atoms with Crippen LogP contribution in [0.2, 0.25) is 0 Å². The zero-order valence-electron chi connectivity index (χ0n) is 12.6. The molecule has 0 aliphatic heterocycles. The van der Waals surface area contributed by atoms with Gasteiger partial charge < -0.3 is 5.32 Å². The molecule has 0 amide bonds. The number of hydrogen-bond donors (Lipinski definition) is 1. The lowest BCUT2D eigenvalue weighted by Crippen LogP contribution is -2.31. The second kappa shape index (κ2) is 8.77. The van der Waals surface area contributed by atoms with Crippen LogP contribution in [0.15, 0.2) is 54.5 Å². The molecule has 5 heteroatoms. The van der Waals surface area contributed by atoms with Crippen molar-refractivity contribution in [2.24, 2.45) is 0 Å². The summed E-state index contributed by atoms with van der Waals surface area (Å²) in [7, 11) is -3.52. The summed E-state index contributed by atoms with van der Waals surface area (Å²) in [6.07, 6.45) is 4.20. The molecule has 0 fully saturated rings. The third kappa shape index (κ3) is 5.12. The smallest absolute Gasteiger partial charge is 0.243 e. The van der Waals surface area contributed by atoms with Gasteiger partial charge in [0.2, 0.25) is 10.0 Å². The molecule has 21 heavy (non-hydrogen) atoms. The molecule has 0 unspecified atom stereocenters. The highest BCUT2D eigenvalue weighted by Crippen LogP contribution is 2.17. The van der Waals surface area contributed by atoms with E-state index < -0.39 is 10.0 Å². The molecule has 0 heterocycles. The highest BCUT2D eigenvalue weighted by Gasteiger charge is 2.22. The first-order valence-electron chi connectivity index (χ1n) is 7.07. The normalized spacial score (nSPS) is 11.5. The summed E-state index contributed by atoms with van der Waals surface area (Å²) in [5.74, 6) is 0. The van der Waals surface area contributed by atoms with Crippen molar-refractivity contribution in [3.63, 3.8) is 0 Å². The SMILES string of the molecule is C=CCN(CC=C)S(=O)(=O)c1cccc(CNCCC)c1. The first-order valence-corrected chi connectivity index (χ1v) is 8.51. The van der Waals surface area contributed by atoms with E-state index in [1.165, 1.54) is 4.31 Å². The van der Waals surface area contributed by atoms with Gasteiger partial charge in [0.15, 0.2) is 0 Å². The van der Waals surface area contributed by atoms with Gasteiger partial charge in [-0.3, -0.25) is 0 Å². The van der Waals surface area contributed by atoms with E-state index in [2.05, 4.69) is 25.4 Å². The molecule has 0 spiro atoms. The van der Waals surface area contributed by atoms with Crippen LogP contribution in [0.4, 0.5) is 0 Å². The summed E-state index contributed by atoms with van der Waals surface area (Å²) in [5, 5.41) is 3.27. The van der Waals surface area contributed by atoms with Gasteiger partial charge in [-0.25, -0.2) is 8.42 Å². The summed E-state index contributed by atoms with van der Waals surface area (Å²) in [5.41, 5.74) is 0.960. The molecule has 0 aliphatic rings. The predicted molar refractivity (Wildman–Crippen MR) is 87.6 cm³/mol. The molecule has 1 aromatic carbocycles. The largest absolute Gasteiger partial charge is 0.313 e. The molecule has 0 aliphatic carbocycles. The Bertz CT molecular complexity index is 557. The molecule has 0 saturated heterocycles. The van der Waals surface area contributed by atoms with Crippen molar-refractivity contribution in [1.82, 2.24) is 9.62 Å². The van der Waals surface area contributed by atoms with Gasteiger partial charge in [0, 0.05) is 19.6 Å². The van der Waals surface area contributed by atoms with E-state index in [0.717, 1.165) is 18.5 Å². The molecule has 1 N–H and O–H groups in total. The topological polar surface area (TPSA) is 49.4 Å². The van der Waals surface area contributed by atoms with Crippen LogP contribution in [0, 0.1) is 0 Å². The minimum Gasteiger partial charge on any atom is -0.313 e. The van der Waals surface area contributed by atoms with Crippen molar-refractivity contribution >= 4 is 10.0 Å². The van der Waals surface area contributed by atoms with Gasteiger partial charge in [-0.05, 0) is 30.7 Å². The summed E-state index contributed by atoms with van der Waals surface area (Å²) in [6.45, 7) is 11.4. The van der Waals surface area contributed by atoms with E-state index >= 15 is 0 Å². The first-order chi connectivity index (χ1) is 10.1. The third-order valence-electron chi connectivity index (χ3n) is 2.96. The van der Waals surface area contributed by atoms with E-state index in [1.54, 1.807) is 30.4 Å². The molecule has 1 rings (SSSR count). The van der Waals surface area contributed by atoms with Gasteiger partial charge in [-0.2, -0.15) is 4.31 Å². The van der Waals surface area contributed by atoms with Crippen molar-refractivity contribution < 1.29 is 8.42 Å². The molecule has 4 nitrogen and oxygen atoms in total. The fourth-order valence-electron chi connectivity index (χ4n) is 1.93. The monoisotopic (exact) mass is 308 g/mol. The van der Waals surface area contributed by atoms with Gasteiger partial charge in [-0.1, -0.05) is 31.2 Å². The van der Waals surface area contributed by atoms with Crippen LogP contribution in [0.5, 0.6) is 0 Å². The number of sulfonamides is 1. The maximum Gasteiger partial charge on any atom is 0.243 e. The Balaban J connectivity index is 2.98. The number of rotatable bonds is 10. The fraction of sp³-hybridized carbons (Fsp3) is 0.375. The van der Waals surface area contributed by atoms with Crippen molar-refractivity contribution in [1.29, 1.82) is 0 Å². The lowest BCUT2D eigenvalue weighted by molar-refractivity contribution is 0.474. The zero-order chi connectivity index (χ0) is 15.7. The molecule has 116 valence electrons. The second-order valence-corrected chi connectivity index (χ2v) is 6.66. The lowest BCUT2D eigenvalue weighted by atomic mass is 10.2. The van der Waals surface area contributed by atoms with Gasteiger partial charge >= 0.3 is 0 Å². The molecule has 0 radical (unpaired) electrons. The maximum absolute atomic E-state index is 12.6. The average Bonchev–Trinajstić information content (AvgIpc) is 2.47. The van der Waals surface area contributed by atoms with Crippen LogP contribution >= 0.6 is 0 Å². The van der Waals surface area contributed by atoms with Crippen LogP contribution in [0.3, 0.4) is 0 Å². The summed E-state index contributed by atoms with van der Waals surface area (Å²) < 4.78 is 26.6. The Labute approximate surface area is 128 Å². The average molecular weight is 308 g/mol. The standard InChI is InChI=1S/C16H24N2O2S/c1-4-10-17-14-15-8-7-9-16(13-15)21(19,20)18(11-5-2)12-6-3/h5-9,13,17H,2-4,10-12,14H2,1H3. The van der Waals surface area contributed by atoms with Gasteiger partial charge in [0.25, 0.3) is 0 Å². The molecule has 0 aromatic heterocycles. The Morgan fingerprint density at radius 2 is 1.90 bits per heavy atom. The summed E-state index contributed by atoms with van der Waals surface area (Å²) in [4.78, 5) is 0.307. The summed E-state index contributed by atoms with van der Waals surface area (Å²) >= 11 is 0. The molecule has 1 aromatic rings. The fourth-order valence-corrected chi connectivity index (χ4v) is 3.39. The van der Waals surface area contributed by atoms with Crippen LogP contribution in [0.1, 0.15) is 18.9 Å². The highest BCUT2D eigenvalue weighted by atomic mass is 32.2. The van der Waals surface area contributed by atoms with Crippen molar-refractivity contribution in [3.05, 3.63) is 55.1 Å². The van der Waals surface area contributed by atoms with Crippen LogP contribution < -0.4 is 5.32 Å². The third-order valence-corrected chi connectivity index (χ3v) is 4.79. The van der Waals surface area contributed by atoms with Gasteiger partial charge in [-0.15, -0.1) is 13.2 Å². The Hall–Kier alpha value is -1.43. The number of nitrogens with zero attached hydrogens (tertiary/aromatic N) is 1. The Kier molecular flexibility index (Phi) is 7.36. The molecule has 0 saturated carbocycles. The molecular formula is C16H24N2O2S. The van der Waals surface area contributed by atoms with Crippen molar-refractivity contribution in [2.45, 2.75) is 24.8 Å². The minimum absolute atomic E-state index is 0.271. The molecule has 0 bridgehead atoms. The van der Waals surface area contributed by atoms with E-state index in [1.807, 2.05) is 6.07 Å². The maximum atomic E-state index is 12.6. The lowest BCUT2D eigenvalue weighted by Gasteiger charge is -2.19. The van der Waals surface area contributed by atoms with Gasteiger partial charge in [0.1, 0.15) is 0 Å². The van der Waals surface area contributed by atoms with E-state index in [-0.39, 0.29) is 13.1 Å². The van der Waals surface area contributed by atoms with E-state index in [0.29, 0.717) is 11.4 Å². The zero-order valence-corrected chi connectivity index (χ0v) is 13.4. The van der Waals surface area contributed by atoms with E-state index in [4.69, 9.17) is 0 Å². The summed E-state index contributed by atoms with van der Waals surface area (Å²) in [6, 6.07) is 7.04. The van der Waals surface area contributed by atoms with Crippen LogP contribution in [-0.4, -0.2) is 32.4 Å². The quantitative estimate of drug-likeness (QED) is 0.534. The van der Waals surface area contributed by atoms with Gasteiger partial charge in [0.05, 0.1) is 4.90 Å². The minimum atomic E-state index is -3.52. The number of benzene rings is 1. The van der Waals surface area contributed by atoms with E-state index in [9.17, 15) is 8.42 Å². The van der Waals surface area contributed by atoms with Crippen molar-refractivity contribution in [3.8, 4) is 0 Å². The molecule has 0 atom stereocenters. The predicted octanol–water partition coefficient (Wildman–Crippen LogP) is 2.55. The first kappa shape index (κ1) is 17.6. The second-order valence-electron chi connectivity index (χ2n) is 4.72. The Morgan fingerprint density at radius 1 is 1.24 bits per heavy atom. The number of hydrogen-bond acceptors (Lipinski definition) is 3.